The Bertz CT molecular complexity index is 1050. The Morgan fingerprint density at radius 3 is 2.74 bits per heavy atom. The Labute approximate surface area is 160 Å². The number of thioether (sulfide) groups is 1. The third kappa shape index (κ3) is 3.57. The van der Waals surface area contributed by atoms with E-state index in [4.69, 9.17) is 0 Å². The third-order valence-corrected chi connectivity index (χ3v) is 6.71. The number of benzene rings is 2. The van der Waals surface area contributed by atoms with Gasteiger partial charge in [-0.3, -0.25) is 4.79 Å². The first-order chi connectivity index (χ1) is 12.8. The van der Waals surface area contributed by atoms with Crippen LogP contribution in [0.5, 0.6) is 0 Å². The maximum Gasteiger partial charge on any atom is 0.257 e. The number of rotatable bonds is 3. The summed E-state index contributed by atoms with van der Waals surface area (Å²) in [6.45, 7) is 0.722. The molecule has 2 aliphatic heterocycles. The third-order valence-electron chi connectivity index (χ3n) is 4.40. The lowest BCUT2D eigenvalue weighted by Crippen LogP contribution is -2.35. The van der Waals surface area contributed by atoms with E-state index in [2.05, 4.69) is 4.40 Å². The van der Waals surface area contributed by atoms with Crippen molar-refractivity contribution >= 4 is 38.5 Å². The zero-order chi connectivity index (χ0) is 19.2. The molecule has 0 fully saturated rings. The molecule has 9 heteroatoms. The van der Waals surface area contributed by atoms with Crippen molar-refractivity contribution in [3.05, 3.63) is 59.4 Å². The lowest BCUT2D eigenvalue weighted by Gasteiger charge is -2.22. The molecule has 2 aliphatic rings. The van der Waals surface area contributed by atoms with Gasteiger partial charge in [-0.2, -0.15) is 0 Å². The summed E-state index contributed by atoms with van der Waals surface area (Å²) >= 11 is 1.26. The van der Waals surface area contributed by atoms with Gasteiger partial charge in [-0.05, 0) is 47.7 Å². The van der Waals surface area contributed by atoms with Crippen LogP contribution in [-0.4, -0.2) is 43.7 Å². The molecule has 4 rings (SSSR count). The highest BCUT2D eigenvalue weighted by molar-refractivity contribution is 8.15. The van der Waals surface area contributed by atoms with Gasteiger partial charge in [0.05, 0.1) is 11.4 Å². The second kappa shape index (κ2) is 6.65. The van der Waals surface area contributed by atoms with E-state index in [0.717, 1.165) is 16.1 Å². The number of carbonyl (C=O) groups is 1. The first-order valence-corrected chi connectivity index (χ1v) is 10.7. The molecular weight excluding hydrogens is 389 g/mol. The molecule has 0 saturated carbocycles. The molecular formula is C18H16FN3O3S2. The molecule has 2 aromatic rings. The highest BCUT2D eigenvalue weighted by Gasteiger charge is 2.33. The summed E-state index contributed by atoms with van der Waals surface area (Å²) < 4.78 is 40.2. The molecule has 0 aliphatic carbocycles. The predicted octanol–water partition coefficient (Wildman–Crippen LogP) is 2.71. The summed E-state index contributed by atoms with van der Waals surface area (Å²) in [4.78, 5) is 17.0. The minimum Gasteiger partial charge on any atom is -0.337 e. The van der Waals surface area contributed by atoms with Crippen LogP contribution in [0.4, 0.5) is 10.1 Å². The van der Waals surface area contributed by atoms with Crippen LogP contribution in [0.25, 0.3) is 0 Å². The minimum atomic E-state index is -3.41. The van der Waals surface area contributed by atoms with Gasteiger partial charge < -0.3 is 9.80 Å². The molecule has 0 aromatic heterocycles. The molecule has 0 N–H and O–H groups in total. The Balaban J connectivity index is 1.55. The van der Waals surface area contributed by atoms with Gasteiger partial charge in [-0.1, -0.05) is 12.1 Å². The van der Waals surface area contributed by atoms with Gasteiger partial charge in [-0.25, -0.2) is 12.8 Å². The molecule has 0 radical (unpaired) electrons. The van der Waals surface area contributed by atoms with Gasteiger partial charge in [0.1, 0.15) is 5.82 Å². The molecule has 140 valence electrons. The van der Waals surface area contributed by atoms with Crippen molar-refractivity contribution in [2.24, 2.45) is 4.40 Å². The first-order valence-electron chi connectivity index (χ1n) is 8.24. The Hall–Kier alpha value is -2.39. The molecule has 6 nitrogen and oxygen atoms in total. The van der Waals surface area contributed by atoms with Crippen molar-refractivity contribution in [3.63, 3.8) is 0 Å². The average Bonchev–Trinajstić information content (AvgIpc) is 2.98. The predicted molar refractivity (Wildman–Crippen MR) is 103 cm³/mol. The maximum atomic E-state index is 13.0. The van der Waals surface area contributed by atoms with E-state index in [0.29, 0.717) is 23.8 Å². The lowest BCUT2D eigenvalue weighted by atomic mass is 10.1. The summed E-state index contributed by atoms with van der Waals surface area (Å²) in [6.07, 6.45) is 0. The molecule has 0 atom stereocenters. The fourth-order valence-electron chi connectivity index (χ4n) is 3.02. The summed E-state index contributed by atoms with van der Waals surface area (Å²) in [5.74, 6) is -0.496. The summed E-state index contributed by atoms with van der Waals surface area (Å²) in [6, 6.07) is 11.3. The zero-order valence-corrected chi connectivity index (χ0v) is 16.1. The van der Waals surface area contributed by atoms with Crippen LogP contribution in [0.1, 0.15) is 15.9 Å². The average molecular weight is 405 g/mol. The quantitative estimate of drug-likeness (QED) is 0.785. The second-order valence-corrected chi connectivity index (χ2v) is 9.15. The van der Waals surface area contributed by atoms with Crippen LogP contribution in [0.15, 0.2) is 51.8 Å². The molecule has 27 heavy (non-hydrogen) atoms. The van der Waals surface area contributed by atoms with E-state index in [1.54, 1.807) is 36.2 Å². The largest absolute Gasteiger partial charge is 0.337 e. The Morgan fingerprint density at radius 2 is 2.00 bits per heavy atom. The van der Waals surface area contributed by atoms with Gasteiger partial charge in [-0.15, -0.1) is 4.40 Å². The fraction of sp³-hybridized carbons (Fsp3) is 0.222. The van der Waals surface area contributed by atoms with E-state index in [-0.39, 0.29) is 17.5 Å². The number of hydrogen-bond donors (Lipinski definition) is 0. The van der Waals surface area contributed by atoms with Crippen LogP contribution in [0, 0.1) is 5.82 Å². The minimum absolute atomic E-state index is 0.0163. The summed E-state index contributed by atoms with van der Waals surface area (Å²) in [5, 5.41) is 0.431. The van der Waals surface area contributed by atoms with Crippen molar-refractivity contribution in [2.75, 3.05) is 24.2 Å². The number of nitrogens with zero attached hydrogens (tertiary/aromatic N) is 3. The highest BCUT2D eigenvalue weighted by Crippen LogP contribution is 2.42. The van der Waals surface area contributed by atoms with Crippen molar-refractivity contribution in [2.45, 2.75) is 11.4 Å². The maximum absolute atomic E-state index is 13.0. The molecule has 0 bridgehead atoms. The monoisotopic (exact) mass is 405 g/mol. The number of halogens is 1. The van der Waals surface area contributed by atoms with E-state index in [1.807, 2.05) is 11.0 Å². The smallest absolute Gasteiger partial charge is 0.257 e. The number of fused-ring (bicyclic) bond motifs is 3. The van der Waals surface area contributed by atoms with Crippen molar-refractivity contribution in [1.29, 1.82) is 0 Å². The number of hydrogen-bond acceptors (Lipinski definition) is 5. The Kier molecular flexibility index (Phi) is 4.43. The summed E-state index contributed by atoms with van der Waals surface area (Å²) in [7, 11) is -1.72. The van der Waals surface area contributed by atoms with E-state index >= 15 is 0 Å². The van der Waals surface area contributed by atoms with Gasteiger partial charge in [0, 0.05) is 30.6 Å². The SMILES string of the molecule is CN(Cc1ccc(F)cc1)C(=O)c1ccc2c(c1)SC1=NS(=O)(=O)CCN12. The number of amidine groups is 1. The highest BCUT2D eigenvalue weighted by atomic mass is 32.2. The Morgan fingerprint density at radius 1 is 1.26 bits per heavy atom. The van der Waals surface area contributed by atoms with Gasteiger partial charge in [0.15, 0.2) is 5.17 Å². The topological polar surface area (TPSA) is 70.0 Å². The molecule has 2 heterocycles. The van der Waals surface area contributed by atoms with E-state index in [9.17, 15) is 17.6 Å². The molecule has 1 amide bonds. The van der Waals surface area contributed by atoms with Crippen molar-refractivity contribution < 1.29 is 17.6 Å². The standard InChI is InChI=1S/C18H16FN3O3S2/c1-21(11-12-2-5-14(19)6-3-12)17(23)13-4-7-15-16(10-13)26-18-20-27(24,25)9-8-22(15)18/h2-7,10H,8-9,11H2,1H3. The molecule has 0 unspecified atom stereocenters. The van der Waals surface area contributed by atoms with Crippen LogP contribution in [-0.2, 0) is 16.6 Å². The van der Waals surface area contributed by atoms with Gasteiger partial charge >= 0.3 is 0 Å². The normalized spacial score (nSPS) is 17.1. The van der Waals surface area contributed by atoms with Crippen molar-refractivity contribution in [1.82, 2.24) is 4.90 Å². The second-order valence-electron chi connectivity index (χ2n) is 6.38. The van der Waals surface area contributed by atoms with Gasteiger partial charge in [0.25, 0.3) is 15.9 Å². The lowest BCUT2D eigenvalue weighted by molar-refractivity contribution is 0.0785. The number of anilines is 1. The van der Waals surface area contributed by atoms with Gasteiger partial charge in [0.2, 0.25) is 0 Å². The van der Waals surface area contributed by atoms with Crippen LogP contribution in [0.3, 0.4) is 0 Å². The zero-order valence-electron chi connectivity index (χ0n) is 14.4. The number of amides is 1. The number of carbonyl (C=O) groups excluding carboxylic acids is 1. The van der Waals surface area contributed by atoms with E-state index in [1.165, 1.54) is 23.9 Å². The van der Waals surface area contributed by atoms with Crippen molar-refractivity contribution in [3.8, 4) is 0 Å². The van der Waals surface area contributed by atoms with E-state index < -0.39 is 10.0 Å². The molecule has 0 saturated heterocycles. The molecule has 0 spiro atoms. The van der Waals surface area contributed by atoms with Crippen LogP contribution in [0.2, 0.25) is 0 Å². The van der Waals surface area contributed by atoms with Crippen LogP contribution < -0.4 is 4.90 Å². The first kappa shape index (κ1) is 18.0. The summed E-state index contributed by atoms with van der Waals surface area (Å²) in [5.41, 5.74) is 2.21. The fourth-order valence-corrected chi connectivity index (χ4v) is 5.32. The molecule has 2 aromatic carbocycles. The number of sulfonamides is 1. The van der Waals surface area contributed by atoms with Crippen LogP contribution >= 0.6 is 11.8 Å².